The minimum absolute atomic E-state index is 0.896. The summed E-state index contributed by atoms with van der Waals surface area (Å²) in [5.74, 6) is 0. The van der Waals surface area contributed by atoms with Gasteiger partial charge in [-0.05, 0) is 87.6 Å². The minimum atomic E-state index is 0.896. The maximum atomic E-state index is 6.58. The van der Waals surface area contributed by atoms with Crippen LogP contribution in [0.25, 0.3) is 86.3 Å². The summed E-state index contributed by atoms with van der Waals surface area (Å²) < 4.78 is 9.22. The van der Waals surface area contributed by atoms with Crippen LogP contribution in [0.15, 0.2) is 205 Å². The molecule has 0 saturated heterocycles. The van der Waals surface area contributed by atoms with Crippen LogP contribution in [0.4, 0.5) is 17.1 Å². The van der Waals surface area contributed by atoms with Gasteiger partial charge in [0, 0.05) is 53.4 Å². The van der Waals surface area contributed by atoms with E-state index in [-0.39, 0.29) is 0 Å². The molecule has 9 aromatic carbocycles. The van der Waals surface area contributed by atoms with Crippen molar-refractivity contribution in [2.45, 2.75) is 0 Å². The number of anilines is 3. The van der Waals surface area contributed by atoms with Crippen LogP contribution in [-0.4, -0.2) is 0 Å². The summed E-state index contributed by atoms with van der Waals surface area (Å²) in [4.78, 5) is 2.38. The first-order chi connectivity index (χ1) is 27.3. The first kappa shape index (κ1) is 31.6. The first-order valence-corrected chi connectivity index (χ1v) is 19.5. The molecule has 0 aliphatic heterocycles. The average Bonchev–Trinajstić information content (AvgIpc) is 3.83. The molecular weight excluding hydrogens is 687 g/mol. The lowest BCUT2D eigenvalue weighted by molar-refractivity contribution is 0.670. The van der Waals surface area contributed by atoms with Crippen molar-refractivity contribution in [3.63, 3.8) is 0 Å². The molecule has 0 amide bonds. The van der Waals surface area contributed by atoms with E-state index in [4.69, 9.17) is 4.42 Å². The Balaban J connectivity index is 1.06. The predicted molar refractivity (Wildman–Crippen MR) is 235 cm³/mol. The highest BCUT2D eigenvalue weighted by atomic mass is 32.1. The van der Waals surface area contributed by atoms with Crippen LogP contribution in [0.1, 0.15) is 0 Å². The van der Waals surface area contributed by atoms with Crippen LogP contribution in [0, 0.1) is 0 Å². The molecule has 2 aromatic heterocycles. The number of hydrogen-bond donors (Lipinski definition) is 0. The average molecular weight is 720 g/mol. The normalized spacial score (nSPS) is 11.6. The van der Waals surface area contributed by atoms with E-state index in [0.717, 1.165) is 50.1 Å². The van der Waals surface area contributed by atoms with E-state index in [0.29, 0.717) is 0 Å². The Morgan fingerprint density at radius 3 is 1.80 bits per heavy atom. The summed E-state index contributed by atoms with van der Waals surface area (Å²) in [5, 5.41) is 7.36. The topological polar surface area (TPSA) is 16.4 Å². The fourth-order valence-electron chi connectivity index (χ4n) is 8.26. The Labute approximate surface area is 322 Å². The second kappa shape index (κ2) is 12.9. The maximum Gasteiger partial charge on any atom is 0.143 e. The van der Waals surface area contributed by atoms with Crippen LogP contribution in [0.5, 0.6) is 0 Å². The Kier molecular flexibility index (Phi) is 7.39. The molecule has 258 valence electrons. The van der Waals surface area contributed by atoms with Gasteiger partial charge in [0.2, 0.25) is 0 Å². The molecule has 11 aromatic rings. The van der Waals surface area contributed by atoms with Crippen LogP contribution < -0.4 is 4.90 Å². The van der Waals surface area contributed by atoms with Crippen molar-refractivity contribution in [2.75, 3.05) is 4.90 Å². The predicted octanol–water partition coefficient (Wildman–Crippen LogP) is 15.6. The summed E-state index contributed by atoms with van der Waals surface area (Å²) in [6.45, 7) is 0. The third-order valence-corrected chi connectivity index (χ3v) is 12.1. The number of rotatable bonds is 6. The largest absolute Gasteiger partial charge is 0.455 e. The molecule has 0 bridgehead atoms. The Bertz CT molecular complexity index is 3200. The van der Waals surface area contributed by atoms with Crippen molar-refractivity contribution >= 4 is 81.3 Å². The second-order valence-electron chi connectivity index (χ2n) is 14.1. The zero-order valence-corrected chi connectivity index (χ0v) is 30.6. The number of thiophene rings is 1. The Morgan fingerprint density at radius 2 is 0.945 bits per heavy atom. The first-order valence-electron chi connectivity index (χ1n) is 18.7. The fourth-order valence-corrected chi connectivity index (χ4v) is 9.35. The van der Waals surface area contributed by atoms with Gasteiger partial charge in [0.15, 0.2) is 0 Å². The van der Waals surface area contributed by atoms with Crippen molar-refractivity contribution in [2.24, 2.45) is 0 Å². The number of hydrogen-bond acceptors (Lipinski definition) is 3. The van der Waals surface area contributed by atoms with Gasteiger partial charge in [0.1, 0.15) is 11.2 Å². The van der Waals surface area contributed by atoms with E-state index in [2.05, 4.69) is 199 Å². The molecule has 0 spiro atoms. The SMILES string of the molecule is c1ccc(N(c2ccc(-c3ccc4sc5ccccc5c4c3)cc2)c2ccc(-c3cccc4ccccc34)cc2)c(-c2cccc3c2oc2ccccc23)c1. The highest BCUT2D eigenvalue weighted by Crippen LogP contribution is 2.45. The van der Waals surface area contributed by atoms with Gasteiger partial charge < -0.3 is 9.32 Å². The van der Waals surface area contributed by atoms with E-state index in [1.165, 1.54) is 53.2 Å². The minimum Gasteiger partial charge on any atom is -0.455 e. The molecule has 0 N–H and O–H groups in total. The van der Waals surface area contributed by atoms with E-state index in [1.807, 2.05) is 17.4 Å². The Hall–Kier alpha value is -6.94. The molecular formula is C52H33NOS. The number of furan rings is 1. The van der Waals surface area contributed by atoms with E-state index in [9.17, 15) is 0 Å². The second-order valence-corrected chi connectivity index (χ2v) is 15.1. The zero-order chi connectivity index (χ0) is 36.3. The zero-order valence-electron chi connectivity index (χ0n) is 29.8. The van der Waals surface area contributed by atoms with Crippen molar-refractivity contribution < 1.29 is 4.42 Å². The number of nitrogens with zero attached hydrogens (tertiary/aromatic N) is 1. The lowest BCUT2D eigenvalue weighted by atomic mass is 9.97. The van der Waals surface area contributed by atoms with Gasteiger partial charge in [-0.1, -0.05) is 146 Å². The van der Waals surface area contributed by atoms with Gasteiger partial charge in [-0.15, -0.1) is 11.3 Å². The molecule has 11 rings (SSSR count). The molecule has 0 fully saturated rings. The van der Waals surface area contributed by atoms with Crippen LogP contribution >= 0.6 is 11.3 Å². The number of benzene rings is 9. The van der Waals surface area contributed by atoms with E-state index in [1.54, 1.807) is 0 Å². The summed E-state index contributed by atoms with van der Waals surface area (Å²) in [6.07, 6.45) is 0. The monoisotopic (exact) mass is 719 g/mol. The lowest BCUT2D eigenvalue weighted by Gasteiger charge is -2.28. The van der Waals surface area contributed by atoms with Gasteiger partial charge in [0.05, 0.1) is 5.69 Å². The van der Waals surface area contributed by atoms with Crippen LogP contribution in [-0.2, 0) is 0 Å². The van der Waals surface area contributed by atoms with E-state index >= 15 is 0 Å². The molecule has 0 saturated carbocycles. The molecule has 2 nitrogen and oxygen atoms in total. The molecule has 2 heterocycles. The van der Waals surface area contributed by atoms with Gasteiger partial charge in [-0.3, -0.25) is 0 Å². The molecule has 0 atom stereocenters. The van der Waals surface area contributed by atoms with Crippen molar-refractivity contribution in [1.82, 2.24) is 0 Å². The van der Waals surface area contributed by atoms with Gasteiger partial charge in [-0.2, -0.15) is 0 Å². The van der Waals surface area contributed by atoms with Crippen LogP contribution in [0.3, 0.4) is 0 Å². The van der Waals surface area contributed by atoms with Crippen molar-refractivity contribution in [3.8, 4) is 33.4 Å². The molecule has 55 heavy (non-hydrogen) atoms. The maximum absolute atomic E-state index is 6.58. The van der Waals surface area contributed by atoms with E-state index < -0.39 is 0 Å². The standard InChI is InChI=1S/C52H33NOS/c1-2-13-40-35(11-1)12-9-17-41(40)36-25-30-39(31-26-36)53(38-28-23-34(24-29-38)37-27-32-51-47(33-37)44-16-5-8-22-50(44)55-51)48-20-6-3-14-42(48)45-18-10-19-46-43-15-4-7-21-49(43)54-52(45)46/h1-33H. The highest BCUT2D eigenvalue weighted by molar-refractivity contribution is 7.25. The van der Waals surface area contributed by atoms with Crippen molar-refractivity contribution in [3.05, 3.63) is 200 Å². The van der Waals surface area contributed by atoms with Gasteiger partial charge in [-0.25, -0.2) is 0 Å². The Morgan fingerprint density at radius 1 is 0.364 bits per heavy atom. The van der Waals surface area contributed by atoms with Crippen LogP contribution in [0.2, 0.25) is 0 Å². The number of fused-ring (bicyclic) bond motifs is 7. The van der Waals surface area contributed by atoms with Gasteiger partial charge >= 0.3 is 0 Å². The third-order valence-electron chi connectivity index (χ3n) is 10.9. The smallest absolute Gasteiger partial charge is 0.143 e. The lowest BCUT2D eigenvalue weighted by Crippen LogP contribution is -2.11. The quantitative estimate of drug-likeness (QED) is 0.170. The molecule has 3 heteroatoms. The van der Waals surface area contributed by atoms with Crippen molar-refractivity contribution in [1.29, 1.82) is 0 Å². The summed E-state index contributed by atoms with van der Waals surface area (Å²) in [7, 11) is 0. The summed E-state index contributed by atoms with van der Waals surface area (Å²) in [5.41, 5.74) is 12.0. The third kappa shape index (κ3) is 5.32. The summed E-state index contributed by atoms with van der Waals surface area (Å²) >= 11 is 1.85. The molecule has 0 radical (unpaired) electrons. The molecule has 0 aliphatic carbocycles. The summed E-state index contributed by atoms with van der Waals surface area (Å²) in [6, 6.07) is 72.2. The van der Waals surface area contributed by atoms with Gasteiger partial charge in [0.25, 0.3) is 0 Å². The highest BCUT2D eigenvalue weighted by Gasteiger charge is 2.21. The molecule has 0 aliphatic rings. The fraction of sp³-hybridized carbons (Fsp3) is 0. The molecule has 0 unspecified atom stereocenters. The number of para-hydroxylation sites is 3.